The first-order chi connectivity index (χ1) is 17.4. The predicted molar refractivity (Wildman–Crippen MR) is 139 cm³/mol. The van der Waals surface area contributed by atoms with Crippen molar-refractivity contribution in [3.05, 3.63) is 0 Å². The molecule has 0 spiro atoms. The van der Waals surface area contributed by atoms with E-state index >= 15 is 0 Å². The monoisotopic (exact) mass is 514 g/mol. The molecule has 0 atom stereocenters. The van der Waals surface area contributed by atoms with Gasteiger partial charge < -0.3 is 19.7 Å². The molecule has 0 aromatic rings. The number of hydrogen-bond donors (Lipinski definition) is 2. The summed E-state index contributed by atoms with van der Waals surface area (Å²) in [5, 5.41) is 17.2. The van der Waals surface area contributed by atoms with Gasteiger partial charge in [-0.05, 0) is 38.5 Å². The van der Waals surface area contributed by atoms with Gasteiger partial charge in [0.2, 0.25) is 0 Å². The van der Waals surface area contributed by atoms with Crippen molar-refractivity contribution in [2.75, 3.05) is 13.2 Å². The van der Waals surface area contributed by atoms with Crippen LogP contribution >= 0.6 is 0 Å². The molecule has 0 amide bonds. The van der Waals surface area contributed by atoms with Gasteiger partial charge in [-0.1, -0.05) is 77.0 Å². The van der Waals surface area contributed by atoms with E-state index in [1.54, 1.807) is 0 Å². The Morgan fingerprint density at radius 2 is 0.611 bits per heavy atom. The van der Waals surface area contributed by atoms with Crippen molar-refractivity contribution < 1.29 is 38.9 Å². The zero-order chi connectivity index (χ0) is 26.7. The highest BCUT2D eigenvalue weighted by atomic mass is 16.5. The third-order valence-electron chi connectivity index (χ3n) is 6.11. The first-order valence-electron chi connectivity index (χ1n) is 14.2. The molecule has 0 aliphatic heterocycles. The maximum Gasteiger partial charge on any atom is 0.305 e. The van der Waals surface area contributed by atoms with Crippen LogP contribution in [0.5, 0.6) is 0 Å². The third-order valence-corrected chi connectivity index (χ3v) is 6.11. The van der Waals surface area contributed by atoms with E-state index in [9.17, 15) is 19.2 Å². The normalized spacial score (nSPS) is 10.8. The van der Waals surface area contributed by atoms with Gasteiger partial charge in [-0.15, -0.1) is 0 Å². The number of hydrogen-bond acceptors (Lipinski definition) is 6. The van der Waals surface area contributed by atoms with E-state index in [2.05, 4.69) is 0 Å². The summed E-state index contributed by atoms with van der Waals surface area (Å²) in [5.41, 5.74) is 0. The number of unbranched alkanes of at least 4 members (excludes halogenated alkanes) is 15. The molecular weight excluding hydrogens is 464 g/mol. The molecule has 0 saturated carbocycles. The Balaban J connectivity index is 3.30. The Bertz CT molecular complexity index is 526. The van der Waals surface area contributed by atoms with E-state index < -0.39 is 11.9 Å². The van der Waals surface area contributed by atoms with Crippen molar-refractivity contribution in [3.63, 3.8) is 0 Å². The second kappa shape index (κ2) is 26.0. The van der Waals surface area contributed by atoms with E-state index in [4.69, 9.17) is 19.7 Å². The lowest BCUT2D eigenvalue weighted by Gasteiger charge is -2.07. The van der Waals surface area contributed by atoms with E-state index in [1.807, 2.05) is 0 Å². The maximum atomic E-state index is 11.8. The second-order valence-corrected chi connectivity index (χ2v) is 9.59. The Morgan fingerprint density at radius 1 is 0.361 bits per heavy atom. The van der Waals surface area contributed by atoms with Gasteiger partial charge in [0.25, 0.3) is 0 Å². The smallest absolute Gasteiger partial charge is 0.305 e. The quantitative estimate of drug-likeness (QED) is 0.0902. The third kappa shape index (κ3) is 28.1. The Hall–Kier alpha value is -2.12. The second-order valence-electron chi connectivity index (χ2n) is 9.59. The highest BCUT2D eigenvalue weighted by Gasteiger charge is 2.05. The van der Waals surface area contributed by atoms with E-state index in [-0.39, 0.29) is 24.8 Å². The van der Waals surface area contributed by atoms with Crippen LogP contribution in [-0.4, -0.2) is 47.3 Å². The summed E-state index contributed by atoms with van der Waals surface area (Å²) in [7, 11) is 0. The number of rotatable bonds is 27. The zero-order valence-corrected chi connectivity index (χ0v) is 22.3. The van der Waals surface area contributed by atoms with Crippen LogP contribution < -0.4 is 0 Å². The minimum Gasteiger partial charge on any atom is -0.481 e. The van der Waals surface area contributed by atoms with Gasteiger partial charge >= 0.3 is 23.9 Å². The number of carbonyl (C=O) groups is 4. The number of carboxylic acid groups (broad SMARTS) is 2. The largest absolute Gasteiger partial charge is 0.481 e. The highest BCUT2D eigenvalue weighted by Crippen LogP contribution is 2.12. The summed E-state index contributed by atoms with van der Waals surface area (Å²) in [4.78, 5) is 44.4. The lowest BCUT2D eigenvalue weighted by atomic mass is 10.1. The van der Waals surface area contributed by atoms with Gasteiger partial charge in [0, 0.05) is 25.7 Å². The summed E-state index contributed by atoms with van der Waals surface area (Å²) in [5.74, 6) is -1.78. The molecule has 0 unspecified atom stereocenters. The number of aliphatic carboxylic acids is 2. The molecule has 0 rings (SSSR count). The summed E-state index contributed by atoms with van der Waals surface area (Å²) >= 11 is 0. The van der Waals surface area contributed by atoms with Crippen LogP contribution in [0.2, 0.25) is 0 Å². The lowest BCUT2D eigenvalue weighted by Crippen LogP contribution is -2.08. The first kappa shape index (κ1) is 33.9. The highest BCUT2D eigenvalue weighted by molar-refractivity contribution is 5.69. The van der Waals surface area contributed by atoms with Crippen molar-refractivity contribution in [1.82, 2.24) is 0 Å². The minimum atomic E-state index is -0.723. The maximum absolute atomic E-state index is 11.8. The molecule has 0 heterocycles. The van der Waals surface area contributed by atoms with Crippen LogP contribution in [0.15, 0.2) is 0 Å². The number of carboxylic acids is 2. The molecule has 0 saturated heterocycles. The van der Waals surface area contributed by atoms with Crippen LogP contribution in [-0.2, 0) is 28.7 Å². The molecule has 2 N–H and O–H groups in total. The van der Waals surface area contributed by atoms with Gasteiger partial charge in [-0.25, -0.2) is 0 Å². The SMILES string of the molecule is O=C(O)CCCCCCCCCCC(=O)OCCCCOC(=O)CCCCCCCCCCC(=O)O. The van der Waals surface area contributed by atoms with Crippen LogP contribution in [0.4, 0.5) is 0 Å². The number of esters is 2. The van der Waals surface area contributed by atoms with Gasteiger partial charge in [-0.2, -0.15) is 0 Å². The van der Waals surface area contributed by atoms with Crippen molar-refractivity contribution in [1.29, 1.82) is 0 Å². The topological polar surface area (TPSA) is 127 Å². The van der Waals surface area contributed by atoms with Gasteiger partial charge in [0.1, 0.15) is 0 Å². The molecule has 0 bridgehead atoms. The van der Waals surface area contributed by atoms with E-state index in [0.29, 0.717) is 38.9 Å². The molecule has 8 heteroatoms. The van der Waals surface area contributed by atoms with Crippen molar-refractivity contribution in [2.24, 2.45) is 0 Å². The molecule has 0 radical (unpaired) electrons. The van der Waals surface area contributed by atoms with Crippen LogP contribution in [0.3, 0.4) is 0 Å². The number of carbonyl (C=O) groups excluding carboxylic acids is 2. The first-order valence-corrected chi connectivity index (χ1v) is 14.2. The Morgan fingerprint density at radius 3 is 0.889 bits per heavy atom. The Kier molecular flexibility index (Phi) is 24.4. The van der Waals surface area contributed by atoms with Crippen molar-refractivity contribution in [3.8, 4) is 0 Å². The minimum absolute atomic E-state index is 0.166. The fourth-order valence-electron chi connectivity index (χ4n) is 3.93. The average molecular weight is 515 g/mol. The van der Waals surface area contributed by atoms with Crippen LogP contribution in [0.1, 0.15) is 141 Å². The lowest BCUT2D eigenvalue weighted by molar-refractivity contribution is -0.146. The summed E-state index contributed by atoms with van der Waals surface area (Å²) in [6.45, 7) is 0.728. The van der Waals surface area contributed by atoms with Crippen LogP contribution in [0.25, 0.3) is 0 Å². The molecule has 8 nitrogen and oxygen atoms in total. The number of ether oxygens (including phenoxy) is 2. The summed E-state index contributed by atoms with van der Waals surface area (Å²) in [6.07, 6.45) is 18.7. The molecule has 0 aliphatic carbocycles. The molecule has 36 heavy (non-hydrogen) atoms. The molecule has 0 aromatic carbocycles. The van der Waals surface area contributed by atoms with Crippen molar-refractivity contribution in [2.45, 2.75) is 141 Å². The molecule has 0 aliphatic rings. The molecule has 0 fully saturated rings. The zero-order valence-electron chi connectivity index (χ0n) is 22.3. The van der Waals surface area contributed by atoms with E-state index in [1.165, 1.54) is 0 Å². The average Bonchev–Trinajstić information content (AvgIpc) is 2.83. The van der Waals surface area contributed by atoms with E-state index in [0.717, 1.165) is 103 Å². The van der Waals surface area contributed by atoms with Crippen molar-refractivity contribution >= 4 is 23.9 Å². The standard InChI is InChI=1S/C28H50O8/c29-25(30)19-13-9-5-1-3-7-11-15-21-27(33)35-23-17-18-24-36-28(34)22-16-12-8-4-2-6-10-14-20-26(31)32/h1-24H2,(H,29,30)(H,31,32). The molecular formula is C28H50O8. The predicted octanol–water partition coefficient (Wildman–Crippen LogP) is 6.82. The summed E-state index contributed by atoms with van der Waals surface area (Å²) < 4.78 is 10.5. The van der Waals surface area contributed by atoms with Gasteiger partial charge in [-0.3, -0.25) is 19.2 Å². The Labute approximate surface area is 217 Å². The fourth-order valence-corrected chi connectivity index (χ4v) is 3.93. The van der Waals surface area contributed by atoms with Gasteiger partial charge in [0.15, 0.2) is 0 Å². The van der Waals surface area contributed by atoms with Crippen LogP contribution in [0, 0.1) is 0 Å². The fraction of sp³-hybridized carbons (Fsp3) is 0.857. The van der Waals surface area contributed by atoms with Gasteiger partial charge in [0.05, 0.1) is 13.2 Å². The molecule has 0 aromatic heterocycles. The summed E-state index contributed by atoms with van der Waals surface area (Å²) in [6, 6.07) is 0. The molecule has 210 valence electrons.